The van der Waals surface area contributed by atoms with Crippen LogP contribution in [0.25, 0.3) is 0 Å². The summed E-state index contributed by atoms with van der Waals surface area (Å²) in [5, 5.41) is 2.45. The zero-order chi connectivity index (χ0) is 10.6. The summed E-state index contributed by atoms with van der Waals surface area (Å²) in [5.74, 6) is 0.535. The highest BCUT2D eigenvalue weighted by atomic mass is 35.5. The first-order valence-corrected chi connectivity index (χ1v) is 5.63. The highest BCUT2D eigenvalue weighted by molar-refractivity contribution is 6.30. The number of amides is 1. The number of rotatable bonds is 3. The van der Waals surface area contributed by atoms with Crippen molar-refractivity contribution in [3.63, 3.8) is 0 Å². The Bertz CT molecular complexity index is 197. The van der Waals surface area contributed by atoms with Crippen molar-refractivity contribution in [2.75, 3.05) is 26.7 Å². The largest absolute Gasteiger partial charge is 0.355 e. The van der Waals surface area contributed by atoms with Crippen molar-refractivity contribution < 1.29 is 4.79 Å². The van der Waals surface area contributed by atoms with Gasteiger partial charge in [0.25, 0.3) is 0 Å². The van der Waals surface area contributed by atoms with E-state index in [9.17, 15) is 4.79 Å². The minimum atomic E-state index is -0.420. The van der Waals surface area contributed by atoms with E-state index in [1.54, 1.807) is 6.92 Å². The lowest BCUT2D eigenvalue weighted by Crippen LogP contribution is -2.40. The first-order chi connectivity index (χ1) is 6.59. The molecule has 0 spiro atoms. The van der Waals surface area contributed by atoms with Gasteiger partial charge in [-0.15, -0.1) is 11.6 Å². The second-order valence-corrected chi connectivity index (χ2v) is 4.79. The summed E-state index contributed by atoms with van der Waals surface area (Å²) in [6.07, 6.45) is 2.44. The smallest absolute Gasteiger partial charge is 0.237 e. The van der Waals surface area contributed by atoms with Crippen LogP contribution in [0.5, 0.6) is 0 Å². The van der Waals surface area contributed by atoms with Crippen LogP contribution in [-0.4, -0.2) is 42.9 Å². The molecule has 14 heavy (non-hydrogen) atoms. The molecule has 0 saturated carbocycles. The van der Waals surface area contributed by atoms with E-state index in [4.69, 9.17) is 11.6 Å². The molecule has 0 aromatic carbocycles. The zero-order valence-electron chi connectivity index (χ0n) is 8.92. The normalized spacial score (nSPS) is 25.8. The molecule has 1 amide bonds. The third-order valence-corrected chi connectivity index (χ3v) is 2.85. The number of nitrogens with one attached hydrogen (secondary N) is 1. The minimum Gasteiger partial charge on any atom is -0.355 e. The fourth-order valence-electron chi connectivity index (χ4n) is 1.83. The first-order valence-electron chi connectivity index (χ1n) is 5.20. The molecular weight excluding hydrogens is 200 g/mol. The van der Waals surface area contributed by atoms with E-state index in [1.165, 1.54) is 19.4 Å². The van der Waals surface area contributed by atoms with Gasteiger partial charge in [0.2, 0.25) is 5.91 Å². The Hall–Kier alpha value is -0.280. The Morgan fingerprint density at radius 2 is 2.43 bits per heavy atom. The molecule has 0 radical (unpaired) electrons. The fourth-order valence-corrected chi connectivity index (χ4v) is 1.90. The topological polar surface area (TPSA) is 32.3 Å². The maximum absolute atomic E-state index is 11.2. The number of carbonyl (C=O) groups excluding carboxylic acids is 1. The van der Waals surface area contributed by atoms with E-state index in [0.717, 1.165) is 13.1 Å². The molecule has 0 aromatic rings. The van der Waals surface area contributed by atoms with Gasteiger partial charge in [-0.25, -0.2) is 0 Å². The van der Waals surface area contributed by atoms with E-state index in [2.05, 4.69) is 17.3 Å². The Labute approximate surface area is 90.8 Å². The van der Waals surface area contributed by atoms with Gasteiger partial charge < -0.3 is 10.2 Å². The predicted octanol–water partition coefficient (Wildman–Crippen LogP) is 1.07. The highest BCUT2D eigenvalue weighted by Crippen LogP contribution is 2.13. The number of halogens is 1. The van der Waals surface area contributed by atoms with Crippen molar-refractivity contribution in [2.24, 2.45) is 5.92 Å². The van der Waals surface area contributed by atoms with Crippen LogP contribution in [0.3, 0.4) is 0 Å². The van der Waals surface area contributed by atoms with Gasteiger partial charge in [-0.05, 0) is 39.3 Å². The van der Waals surface area contributed by atoms with Gasteiger partial charge in [0.1, 0.15) is 5.38 Å². The van der Waals surface area contributed by atoms with Crippen molar-refractivity contribution in [3.05, 3.63) is 0 Å². The molecule has 0 bridgehead atoms. The molecule has 1 saturated heterocycles. The standard InChI is InChI=1S/C10H19ClN2O/c1-8(11)10(14)12-6-9-4-3-5-13(2)7-9/h8-9H,3-7H2,1-2H3,(H,12,14). The fraction of sp³-hybridized carbons (Fsp3) is 0.900. The van der Waals surface area contributed by atoms with Gasteiger partial charge in [0.05, 0.1) is 0 Å². The molecule has 1 heterocycles. The summed E-state index contributed by atoms with van der Waals surface area (Å²) in [6, 6.07) is 0. The van der Waals surface area contributed by atoms with E-state index in [-0.39, 0.29) is 5.91 Å². The maximum Gasteiger partial charge on any atom is 0.237 e. The second kappa shape index (κ2) is 5.56. The van der Waals surface area contributed by atoms with E-state index in [0.29, 0.717) is 5.92 Å². The number of carbonyl (C=O) groups is 1. The van der Waals surface area contributed by atoms with Gasteiger partial charge >= 0.3 is 0 Å². The molecule has 1 aliphatic rings. The summed E-state index contributed by atoms with van der Waals surface area (Å²) < 4.78 is 0. The van der Waals surface area contributed by atoms with Crippen LogP contribution in [0.1, 0.15) is 19.8 Å². The van der Waals surface area contributed by atoms with E-state index in [1.807, 2.05) is 0 Å². The molecule has 0 aliphatic carbocycles. The Morgan fingerprint density at radius 1 is 1.71 bits per heavy atom. The molecule has 3 nitrogen and oxygen atoms in total. The van der Waals surface area contributed by atoms with Gasteiger partial charge in [-0.1, -0.05) is 0 Å². The molecule has 1 rings (SSSR count). The zero-order valence-corrected chi connectivity index (χ0v) is 9.68. The van der Waals surface area contributed by atoms with Crippen LogP contribution in [0.15, 0.2) is 0 Å². The quantitative estimate of drug-likeness (QED) is 0.719. The number of hydrogen-bond acceptors (Lipinski definition) is 2. The summed E-state index contributed by atoms with van der Waals surface area (Å²) >= 11 is 5.65. The van der Waals surface area contributed by atoms with E-state index >= 15 is 0 Å². The molecule has 1 N–H and O–H groups in total. The van der Waals surface area contributed by atoms with Crippen LogP contribution >= 0.6 is 11.6 Å². The molecule has 1 aliphatic heterocycles. The van der Waals surface area contributed by atoms with E-state index < -0.39 is 5.38 Å². The minimum absolute atomic E-state index is 0.0557. The van der Waals surface area contributed by atoms with Crippen molar-refractivity contribution in [2.45, 2.75) is 25.1 Å². The van der Waals surface area contributed by atoms with Crippen LogP contribution in [-0.2, 0) is 4.79 Å². The first kappa shape index (κ1) is 11.8. The van der Waals surface area contributed by atoms with Gasteiger partial charge in [-0.3, -0.25) is 4.79 Å². The predicted molar refractivity (Wildman–Crippen MR) is 58.5 cm³/mol. The number of likely N-dealkylation sites (tertiary alicyclic amines) is 1. The summed E-state index contributed by atoms with van der Waals surface area (Å²) in [4.78, 5) is 13.5. The average molecular weight is 219 g/mol. The van der Waals surface area contributed by atoms with Gasteiger partial charge in [-0.2, -0.15) is 0 Å². The Balaban J connectivity index is 2.20. The van der Waals surface area contributed by atoms with Crippen molar-refractivity contribution in [1.29, 1.82) is 0 Å². The summed E-state index contributed by atoms with van der Waals surface area (Å²) in [6.45, 7) is 4.72. The molecule has 2 unspecified atom stereocenters. The summed E-state index contributed by atoms with van der Waals surface area (Å²) in [5.41, 5.74) is 0. The van der Waals surface area contributed by atoms with Crippen LogP contribution in [0.4, 0.5) is 0 Å². The monoisotopic (exact) mass is 218 g/mol. The number of piperidine rings is 1. The van der Waals surface area contributed by atoms with Gasteiger partial charge in [0.15, 0.2) is 0 Å². The molecule has 2 atom stereocenters. The highest BCUT2D eigenvalue weighted by Gasteiger charge is 2.18. The molecule has 4 heteroatoms. The van der Waals surface area contributed by atoms with Crippen molar-refractivity contribution in [3.8, 4) is 0 Å². The third kappa shape index (κ3) is 3.84. The molecule has 82 valence electrons. The maximum atomic E-state index is 11.2. The van der Waals surface area contributed by atoms with Crippen LogP contribution in [0.2, 0.25) is 0 Å². The van der Waals surface area contributed by atoms with Crippen molar-refractivity contribution in [1.82, 2.24) is 10.2 Å². The average Bonchev–Trinajstić information content (AvgIpc) is 2.14. The lowest BCUT2D eigenvalue weighted by atomic mass is 9.98. The van der Waals surface area contributed by atoms with Crippen LogP contribution < -0.4 is 5.32 Å². The SMILES string of the molecule is CC(Cl)C(=O)NCC1CCCN(C)C1. The lowest BCUT2D eigenvalue weighted by molar-refractivity contribution is -0.120. The number of hydrogen-bond donors (Lipinski definition) is 1. The molecule has 1 fully saturated rings. The van der Waals surface area contributed by atoms with Crippen LogP contribution in [0, 0.1) is 5.92 Å². The third-order valence-electron chi connectivity index (χ3n) is 2.65. The number of alkyl halides is 1. The Morgan fingerprint density at radius 3 is 3.00 bits per heavy atom. The van der Waals surface area contributed by atoms with Gasteiger partial charge in [0, 0.05) is 13.1 Å². The Kier molecular flexibility index (Phi) is 4.69. The van der Waals surface area contributed by atoms with Crippen molar-refractivity contribution >= 4 is 17.5 Å². The molecular formula is C10H19ClN2O. The lowest BCUT2D eigenvalue weighted by Gasteiger charge is -2.29. The molecule has 0 aromatic heterocycles. The number of nitrogens with zero attached hydrogens (tertiary/aromatic N) is 1. The summed E-state index contributed by atoms with van der Waals surface area (Å²) in [7, 11) is 2.12. The second-order valence-electron chi connectivity index (χ2n) is 4.13.